The maximum atomic E-state index is 11.5. The van der Waals surface area contributed by atoms with Crippen LogP contribution in [0.25, 0.3) is 0 Å². The first-order valence-electron chi connectivity index (χ1n) is 4.11. The van der Waals surface area contributed by atoms with Crippen LogP contribution >= 0.6 is 34.2 Å². The molecule has 0 aromatic heterocycles. The number of Topliss-reactive ketones (excluding diaryl/α,β-unsaturated/α-hetero) is 1. The molecule has 1 aromatic rings. The van der Waals surface area contributed by atoms with E-state index in [0.29, 0.717) is 17.9 Å². The van der Waals surface area contributed by atoms with Gasteiger partial charge in [-0.15, -0.1) is 11.6 Å². The van der Waals surface area contributed by atoms with Gasteiger partial charge in [0, 0.05) is 21.4 Å². The highest BCUT2D eigenvalue weighted by atomic mass is 127. The highest BCUT2D eigenvalue weighted by molar-refractivity contribution is 14.1. The molecular formula is C10H10ClIO2. The number of rotatable bonds is 4. The van der Waals surface area contributed by atoms with Crippen LogP contribution in [0, 0.1) is 3.57 Å². The van der Waals surface area contributed by atoms with Gasteiger partial charge in [0.15, 0.2) is 5.78 Å². The van der Waals surface area contributed by atoms with Crippen molar-refractivity contribution in [1.82, 2.24) is 0 Å². The molecule has 0 radical (unpaired) electrons. The number of halogens is 2. The molecule has 0 spiro atoms. The van der Waals surface area contributed by atoms with E-state index in [2.05, 4.69) is 22.6 Å². The van der Waals surface area contributed by atoms with Gasteiger partial charge in [0.1, 0.15) is 5.75 Å². The largest absolute Gasteiger partial charge is 0.497 e. The van der Waals surface area contributed by atoms with Crippen molar-refractivity contribution in [2.75, 3.05) is 13.0 Å². The number of carbonyl (C=O) groups excluding carboxylic acids is 1. The Labute approximate surface area is 102 Å². The lowest BCUT2D eigenvalue weighted by molar-refractivity contribution is 0.0988. The zero-order valence-corrected chi connectivity index (χ0v) is 10.6. The Bertz CT molecular complexity index is 339. The Kier molecular flexibility index (Phi) is 4.68. The Hall–Kier alpha value is -0.290. The van der Waals surface area contributed by atoms with Crippen LogP contribution in [0.2, 0.25) is 0 Å². The summed E-state index contributed by atoms with van der Waals surface area (Å²) in [6, 6.07) is 5.39. The summed E-state index contributed by atoms with van der Waals surface area (Å²) in [4.78, 5) is 11.5. The molecule has 0 unspecified atom stereocenters. The number of hydrogen-bond acceptors (Lipinski definition) is 2. The first-order valence-corrected chi connectivity index (χ1v) is 5.73. The van der Waals surface area contributed by atoms with Crippen molar-refractivity contribution in [2.45, 2.75) is 6.42 Å². The topological polar surface area (TPSA) is 26.3 Å². The van der Waals surface area contributed by atoms with E-state index in [0.717, 1.165) is 9.32 Å². The zero-order chi connectivity index (χ0) is 10.6. The van der Waals surface area contributed by atoms with Crippen molar-refractivity contribution in [3.05, 3.63) is 27.3 Å². The fraction of sp³-hybridized carbons (Fsp3) is 0.300. The summed E-state index contributed by atoms with van der Waals surface area (Å²) in [5, 5.41) is 0. The van der Waals surface area contributed by atoms with E-state index in [-0.39, 0.29) is 5.78 Å². The molecular weight excluding hydrogens is 314 g/mol. The van der Waals surface area contributed by atoms with E-state index in [4.69, 9.17) is 16.3 Å². The highest BCUT2D eigenvalue weighted by Gasteiger charge is 2.09. The van der Waals surface area contributed by atoms with Crippen LogP contribution in [-0.2, 0) is 0 Å². The summed E-state index contributed by atoms with van der Waals surface area (Å²) in [5.74, 6) is 1.20. The number of carbonyl (C=O) groups is 1. The minimum Gasteiger partial charge on any atom is -0.497 e. The number of ether oxygens (including phenoxy) is 1. The molecule has 0 saturated heterocycles. The van der Waals surface area contributed by atoms with Gasteiger partial charge in [0.25, 0.3) is 0 Å². The number of benzene rings is 1. The number of ketones is 1. The Balaban J connectivity index is 2.94. The van der Waals surface area contributed by atoms with Gasteiger partial charge < -0.3 is 4.74 Å². The molecule has 0 aliphatic heterocycles. The van der Waals surface area contributed by atoms with Crippen LogP contribution in [0.5, 0.6) is 5.75 Å². The summed E-state index contributed by atoms with van der Waals surface area (Å²) in [5.41, 5.74) is 0.715. The molecule has 0 fully saturated rings. The van der Waals surface area contributed by atoms with Crippen molar-refractivity contribution in [2.24, 2.45) is 0 Å². The fourth-order valence-corrected chi connectivity index (χ4v) is 2.03. The van der Waals surface area contributed by atoms with Crippen molar-refractivity contribution in [3.8, 4) is 5.75 Å². The van der Waals surface area contributed by atoms with Crippen molar-refractivity contribution in [3.63, 3.8) is 0 Å². The standard InChI is InChI=1S/C10H10ClIO2/c1-14-7-2-3-8(9(12)6-7)10(13)4-5-11/h2-3,6H,4-5H2,1H3. The normalized spacial score (nSPS) is 9.93. The van der Waals surface area contributed by atoms with Crippen LogP contribution in [0.1, 0.15) is 16.8 Å². The zero-order valence-electron chi connectivity index (χ0n) is 7.72. The van der Waals surface area contributed by atoms with Gasteiger partial charge in [-0.25, -0.2) is 0 Å². The first kappa shape index (κ1) is 11.8. The number of methoxy groups -OCH3 is 1. The molecule has 1 rings (SSSR count). The molecule has 4 heteroatoms. The monoisotopic (exact) mass is 324 g/mol. The van der Waals surface area contributed by atoms with Gasteiger partial charge in [-0.2, -0.15) is 0 Å². The molecule has 14 heavy (non-hydrogen) atoms. The average Bonchev–Trinajstić information content (AvgIpc) is 2.17. The van der Waals surface area contributed by atoms with Crippen LogP contribution in [0.3, 0.4) is 0 Å². The first-order chi connectivity index (χ1) is 6.69. The van der Waals surface area contributed by atoms with E-state index in [1.807, 2.05) is 6.07 Å². The third kappa shape index (κ3) is 2.85. The molecule has 0 amide bonds. The van der Waals surface area contributed by atoms with E-state index < -0.39 is 0 Å². The quantitative estimate of drug-likeness (QED) is 0.483. The van der Waals surface area contributed by atoms with Gasteiger partial charge in [-0.05, 0) is 40.8 Å². The lowest BCUT2D eigenvalue weighted by atomic mass is 10.1. The van der Waals surface area contributed by atoms with Gasteiger partial charge in [0.05, 0.1) is 7.11 Å². The SMILES string of the molecule is COc1ccc(C(=O)CCCl)c(I)c1. The summed E-state index contributed by atoms with van der Waals surface area (Å²) >= 11 is 7.63. The van der Waals surface area contributed by atoms with E-state index >= 15 is 0 Å². The van der Waals surface area contributed by atoms with E-state index in [1.54, 1.807) is 19.2 Å². The van der Waals surface area contributed by atoms with Crippen LogP contribution in [-0.4, -0.2) is 18.8 Å². The van der Waals surface area contributed by atoms with Gasteiger partial charge in [0.2, 0.25) is 0 Å². The lowest BCUT2D eigenvalue weighted by Crippen LogP contribution is -2.02. The second-order valence-electron chi connectivity index (χ2n) is 2.71. The van der Waals surface area contributed by atoms with Gasteiger partial charge in [-0.1, -0.05) is 0 Å². The molecule has 0 N–H and O–H groups in total. The second kappa shape index (κ2) is 5.56. The minimum atomic E-state index is 0.0760. The summed E-state index contributed by atoms with van der Waals surface area (Å²) in [6.07, 6.45) is 0.379. The maximum absolute atomic E-state index is 11.5. The number of hydrogen-bond donors (Lipinski definition) is 0. The third-order valence-corrected chi connectivity index (χ3v) is 2.88. The molecule has 0 bridgehead atoms. The van der Waals surface area contributed by atoms with Crippen LogP contribution in [0.4, 0.5) is 0 Å². The smallest absolute Gasteiger partial charge is 0.165 e. The highest BCUT2D eigenvalue weighted by Crippen LogP contribution is 2.20. The fourth-order valence-electron chi connectivity index (χ4n) is 1.07. The molecule has 76 valence electrons. The van der Waals surface area contributed by atoms with E-state index in [9.17, 15) is 4.79 Å². The summed E-state index contributed by atoms with van der Waals surface area (Å²) in [6.45, 7) is 0. The van der Waals surface area contributed by atoms with Gasteiger partial charge >= 0.3 is 0 Å². The van der Waals surface area contributed by atoms with E-state index in [1.165, 1.54) is 0 Å². The molecule has 0 aliphatic carbocycles. The maximum Gasteiger partial charge on any atom is 0.165 e. The van der Waals surface area contributed by atoms with Crippen molar-refractivity contribution < 1.29 is 9.53 Å². The van der Waals surface area contributed by atoms with Crippen LogP contribution in [0.15, 0.2) is 18.2 Å². The average molecular weight is 325 g/mol. The molecule has 0 atom stereocenters. The Morgan fingerprint density at radius 1 is 1.57 bits per heavy atom. The third-order valence-electron chi connectivity index (χ3n) is 1.80. The summed E-state index contributed by atoms with van der Waals surface area (Å²) in [7, 11) is 1.60. The Morgan fingerprint density at radius 2 is 2.29 bits per heavy atom. The number of alkyl halides is 1. The minimum absolute atomic E-state index is 0.0760. The Morgan fingerprint density at radius 3 is 2.79 bits per heavy atom. The lowest BCUT2D eigenvalue weighted by Gasteiger charge is -2.04. The van der Waals surface area contributed by atoms with Crippen molar-refractivity contribution >= 4 is 40.0 Å². The molecule has 0 aliphatic rings. The molecule has 0 heterocycles. The molecule has 2 nitrogen and oxygen atoms in total. The molecule has 1 aromatic carbocycles. The summed E-state index contributed by atoms with van der Waals surface area (Å²) < 4.78 is 5.95. The van der Waals surface area contributed by atoms with Gasteiger partial charge in [-0.3, -0.25) is 4.79 Å². The van der Waals surface area contributed by atoms with Crippen LogP contribution < -0.4 is 4.74 Å². The van der Waals surface area contributed by atoms with Crippen molar-refractivity contribution in [1.29, 1.82) is 0 Å². The predicted molar refractivity (Wildman–Crippen MR) is 65.4 cm³/mol. The second-order valence-corrected chi connectivity index (χ2v) is 4.25. The molecule has 0 saturated carbocycles. The predicted octanol–water partition coefficient (Wildman–Crippen LogP) is 3.11.